The second kappa shape index (κ2) is 7.41. The molecule has 2 atom stereocenters. The minimum absolute atomic E-state index is 0.0916. The molecule has 1 aromatic rings. The lowest BCUT2D eigenvalue weighted by Crippen LogP contribution is -2.52. The van der Waals surface area contributed by atoms with E-state index >= 15 is 0 Å². The Morgan fingerprint density at radius 2 is 1.92 bits per heavy atom. The van der Waals surface area contributed by atoms with Gasteiger partial charge < -0.3 is 14.7 Å². The summed E-state index contributed by atoms with van der Waals surface area (Å²) in [6, 6.07) is 2.04. The summed E-state index contributed by atoms with van der Waals surface area (Å²) >= 11 is 0. The predicted molar refractivity (Wildman–Crippen MR) is 96.7 cm³/mol. The highest BCUT2D eigenvalue weighted by molar-refractivity contribution is 5.92. The fraction of sp³-hybridized carbons (Fsp3) is 0.750. The number of hydrogen-bond acceptors (Lipinski definition) is 4. The van der Waals surface area contributed by atoms with Gasteiger partial charge >= 0.3 is 0 Å². The molecule has 2 amide bonds. The van der Waals surface area contributed by atoms with Crippen LogP contribution in [0.5, 0.6) is 0 Å². The van der Waals surface area contributed by atoms with Gasteiger partial charge in [0.2, 0.25) is 5.91 Å². The number of carbonyl (C=O) groups excluding carboxylic acids is 2. The van der Waals surface area contributed by atoms with E-state index in [0.29, 0.717) is 17.5 Å². The average molecular weight is 359 g/mol. The smallest absolute Gasteiger partial charge is 0.273 e. The lowest BCUT2D eigenvalue weighted by Gasteiger charge is -2.40. The molecule has 1 saturated heterocycles. The monoisotopic (exact) mass is 359 g/mol. The lowest BCUT2D eigenvalue weighted by molar-refractivity contribution is -0.140. The molecular weight excluding hydrogens is 330 g/mol. The lowest BCUT2D eigenvalue weighted by atomic mass is 9.87. The van der Waals surface area contributed by atoms with E-state index in [1.54, 1.807) is 6.07 Å². The molecule has 3 aliphatic rings. The Hall–Kier alpha value is -1.85. The molecule has 0 spiro atoms. The summed E-state index contributed by atoms with van der Waals surface area (Å²) < 4.78 is 5.27. The van der Waals surface area contributed by atoms with Crippen molar-refractivity contribution in [2.24, 2.45) is 5.92 Å². The Balaban J connectivity index is 1.30. The van der Waals surface area contributed by atoms with Crippen LogP contribution in [-0.2, 0) is 4.79 Å². The minimum Gasteiger partial charge on any atom is -0.360 e. The molecule has 142 valence electrons. The maximum atomic E-state index is 12.8. The average Bonchev–Trinajstić information content (AvgIpc) is 3.38. The largest absolute Gasteiger partial charge is 0.360 e. The van der Waals surface area contributed by atoms with Gasteiger partial charge in [-0.2, -0.15) is 0 Å². The fourth-order valence-corrected chi connectivity index (χ4v) is 4.43. The Kier molecular flexibility index (Phi) is 5.00. The van der Waals surface area contributed by atoms with Crippen LogP contribution in [-0.4, -0.2) is 40.5 Å². The zero-order valence-corrected chi connectivity index (χ0v) is 15.6. The van der Waals surface area contributed by atoms with Gasteiger partial charge in [-0.1, -0.05) is 24.4 Å². The van der Waals surface area contributed by atoms with Gasteiger partial charge in [0, 0.05) is 36.5 Å². The number of piperidine rings is 1. The third-order valence-electron chi connectivity index (χ3n) is 6.19. The van der Waals surface area contributed by atoms with Crippen molar-refractivity contribution >= 4 is 11.8 Å². The first-order valence-corrected chi connectivity index (χ1v) is 10.2. The van der Waals surface area contributed by atoms with Gasteiger partial charge in [-0.25, -0.2) is 0 Å². The normalized spacial score (nSPS) is 27.3. The molecule has 6 heteroatoms. The number of aromatic nitrogens is 1. The van der Waals surface area contributed by atoms with Crippen LogP contribution in [0.15, 0.2) is 10.6 Å². The first kappa shape index (κ1) is 17.6. The van der Waals surface area contributed by atoms with E-state index in [-0.39, 0.29) is 23.9 Å². The van der Waals surface area contributed by atoms with Gasteiger partial charge in [-0.15, -0.1) is 0 Å². The molecule has 6 nitrogen and oxygen atoms in total. The summed E-state index contributed by atoms with van der Waals surface area (Å²) in [6.45, 7) is 2.83. The summed E-state index contributed by atoms with van der Waals surface area (Å²) in [7, 11) is 0. The second-order valence-electron chi connectivity index (χ2n) is 8.30. The first-order valence-electron chi connectivity index (χ1n) is 10.2. The SMILES string of the molecule is C[C@H]1C[C@@H](NC(=O)c2cc(C3CC3)on2)CCN1C(=O)C1CCCCC1. The van der Waals surface area contributed by atoms with Crippen LogP contribution in [0.2, 0.25) is 0 Å². The van der Waals surface area contributed by atoms with E-state index in [4.69, 9.17) is 4.52 Å². The third kappa shape index (κ3) is 3.79. The van der Waals surface area contributed by atoms with E-state index in [2.05, 4.69) is 17.4 Å². The van der Waals surface area contributed by atoms with Crippen LogP contribution in [0, 0.1) is 5.92 Å². The molecule has 2 saturated carbocycles. The van der Waals surface area contributed by atoms with Gasteiger partial charge in [-0.3, -0.25) is 9.59 Å². The van der Waals surface area contributed by atoms with Crippen LogP contribution in [0.3, 0.4) is 0 Å². The van der Waals surface area contributed by atoms with Crippen molar-refractivity contribution in [2.45, 2.75) is 82.7 Å². The van der Waals surface area contributed by atoms with E-state index < -0.39 is 0 Å². The molecule has 0 radical (unpaired) electrons. The number of hydrogen-bond donors (Lipinski definition) is 1. The van der Waals surface area contributed by atoms with Gasteiger partial charge in [0.05, 0.1) is 0 Å². The summed E-state index contributed by atoms with van der Waals surface area (Å²) in [6.07, 6.45) is 9.56. The topological polar surface area (TPSA) is 75.4 Å². The maximum Gasteiger partial charge on any atom is 0.273 e. The van der Waals surface area contributed by atoms with Crippen molar-refractivity contribution in [3.8, 4) is 0 Å². The van der Waals surface area contributed by atoms with Crippen LogP contribution in [0.25, 0.3) is 0 Å². The summed E-state index contributed by atoms with van der Waals surface area (Å²) in [5, 5.41) is 6.99. The molecule has 2 heterocycles. The zero-order valence-electron chi connectivity index (χ0n) is 15.6. The summed E-state index contributed by atoms with van der Waals surface area (Å²) in [5.74, 6) is 1.67. The standard InChI is InChI=1S/C20H29N3O3/c1-13-11-16(9-10-23(13)20(25)15-5-3-2-4-6-15)21-19(24)17-12-18(26-22-17)14-7-8-14/h12-16H,2-11H2,1H3,(H,21,24)/t13-,16-/m0/s1. The van der Waals surface area contributed by atoms with Gasteiger partial charge in [0.1, 0.15) is 5.76 Å². The van der Waals surface area contributed by atoms with Crippen molar-refractivity contribution in [3.05, 3.63) is 17.5 Å². The molecular formula is C20H29N3O3. The van der Waals surface area contributed by atoms with Crippen molar-refractivity contribution in [2.75, 3.05) is 6.54 Å². The van der Waals surface area contributed by atoms with Crippen LogP contribution in [0.1, 0.15) is 86.9 Å². The van der Waals surface area contributed by atoms with Crippen molar-refractivity contribution in [1.29, 1.82) is 0 Å². The molecule has 2 aliphatic carbocycles. The quantitative estimate of drug-likeness (QED) is 0.895. The Morgan fingerprint density at radius 3 is 2.62 bits per heavy atom. The second-order valence-corrected chi connectivity index (χ2v) is 8.30. The van der Waals surface area contributed by atoms with E-state index in [1.807, 2.05) is 4.90 Å². The molecule has 1 aromatic heterocycles. The predicted octanol–water partition coefficient (Wildman–Crippen LogP) is 3.24. The summed E-state index contributed by atoms with van der Waals surface area (Å²) in [4.78, 5) is 27.3. The molecule has 4 rings (SSSR count). The Bertz CT molecular complexity index is 661. The van der Waals surface area contributed by atoms with Gasteiger partial charge in [0.15, 0.2) is 5.69 Å². The number of rotatable bonds is 4. The van der Waals surface area contributed by atoms with Crippen LogP contribution in [0.4, 0.5) is 0 Å². The fourth-order valence-electron chi connectivity index (χ4n) is 4.43. The van der Waals surface area contributed by atoms with Crippen molar-refractivity contribution in [3.63, 3.8) is 0 Å². The number of nitrogens with one attached hydrogen (secondary N) is 1. The minimum atomic E-state index is -0.162. The highest BCUT2D eigenvalue weighted by Crippen LogP contribution is 2.40. The van der Waals surface area contributed by atoms with E-state index in [1.165, 1.54) is 19.3 Å². The molecule has 1 N–H and O–H groups in total. The third-order valence-corrected chi connectivity index (χ3v) is 6.19. The molecule has 3 fully saturated rings. The van der Waals surface area contributed by atoms with Crippen molar-refractivity contribution in [1.82, 2.24) is 15.4 Å². The number of carbonyl (C=O) groups is 2. The number of amides is 2. The van der Waals surface area contributed by atoms with Crippen LogP contribution < -0.4 is 5.32 Å². The highest BCUT2D eigenvalue weighted by atomic mass is 16.5. The zero-order chi connectivity index (χ0) is 18.1. The Labute approximate surface area is 154 Å². The number of likely N-dealkylation sites (tertiary alicyclic amines) is 1. The van der Waals surface area contributed by atoms with E-state index in [9.17, 15) is 9.59 Å². The molecule has 0 unspecified atom stereocenters. The van der Waals surface area contributed by atoms with Gasteiger partial charge in [-0.05, 0) is 45.4 Å². The molecule has 1 aliphatic heterocycles. The van der Waals surface area contributed by atoms with Gasteiger partial charge in [0.25, 0.3) is 5.91 Å². The first-order chi connectivity index (χ1) is 12.6. The van der Waals surface area contributed by atoms with Crippen molar-refractivity contribution < 1.29 is 14.1 Å². The molecule has 0 aromatic carbocycles. The Morgan fingerprint density at radius 1 is 1.15 bits per heavy atom. The highest BCUT2D eigenvalue weighted by Gasteiger charge is 2.34. The van der Waals surface area contributed by atoms with Crippen LogP contribution >= 0.6 is 0 Å². The molecule has 26 heavy (non-hydrogen) atoms. The molecule has 0 bridgehead atoms. The number of nitrogens with zero attached hydrogens (tertiary/aromatic N) is 2. The van der Waals surface area contributed by atoms with E-state index in [0.717, 1.165) is 50.8 Å². The summed E-state index contributed by atoms with van der Waals surface area (Å²) in [5.41, 5.74) is 0.375. The maximum absolute atomic E-state index is 12.8.